The number of nitrogens with zero attached hydrogens (tertiary/aromatic N) is 5. The molecule has 0 spiro atoms. The summed E-state index contributed by atoms with van der Waals surface area (Å²) in [5.74, 6) is 0.600. The van der Waals surface area contributed by atoms with Crippen molar-refractivity contribution in [3.8, 4) is 5.88 Å². The molecule has 0 atom stereocenters. The van der Waals surface area contributed by atoms with Gasteiger partial charge in [0.25, 0.3) is 0 Å². The Morgan fingerprint density at radius 2 is 2.46 bits per heavy atom. The van der Waals surface area contributed by atoms with Gasteiger partial charge in [-0.25, -0.2) is 4.98 Å². The molecule has 68 valence electrons. The minimum atomic E-state index is 0.219. The maximum absolute atomic E-state index is 8.14. The van der Waals surface area contributed by atoms with Crippen LogP contribution in [0.3, 0.4) is 0 Å². The highest BCUT2D eigenvalue weighted by atomic mass is 16.5. The van der Waals surface area contributed by atoms with Crippen LogP contribution in [0, 0.1) is 0 Å². The molecule has 6 nitrogen and oxygen atoms in total. The van der Waals surface area contributed by atoms with Crippen molar-refractivity contribution in [2.75, 3.05) is 6.61 Å². The van der Waals surface area contributed by atoms with E-state index in [-0.39, 0.29) is 5.82 Å². The van der Waals surface area contributed by atoms with Crippen LogP contribution < -0.4 is 4.74 Å². The smallest absolute Gasteiger partial charge is 0.232 e. The van der Waals surface area contributed by atoms with E-state index in [9.17, 15) is 0 Å². The van der Waals surface area contributed by atoms with E-state index in [0.717, 1.165) is 6.42 Å². The summed E-state index contributed by atoms with van der Waals surface area (Å²) in [7, 11) is 0. The summed E-state index contributed by atoms with van der Waals surface area (Å²) in [5, 5.41) is 3.30. The Hall–Kier alpha value is -1.81. The second-order valence-electron chi connectivity index (χ2n) is 2.25. The molecule has 0 saturated heterocycles. The lowest BCUT2D eigenvalue weighted by atomic mass is 10.5. The van der Waals surface area contributed by atoms with Crippen molar-refractivity contribution < 1.29 is 4.74 Å². The molecule has 0 unspecified atom stereocenters. The van der Waals surface area contributed by atoms with Crippen LogP contribution in [0.4, 0.5) is 5.82 Å². The van der Waals surface area contributed by atoms with Gasteiger partial charge < -0.3 is 4.74 Å². The van der Waals surface area contributed by atoms with Crippen molar-refractivity contribution in [3.05, 3.63) is 22.8 Å². The number of hydrogen-bond donors (Lipinski definition) is 0. The first kappa shape index (κ1) is 9.28. The van der Waals surface area contributed by atoms with Gasteiger partial charge in [0.05, 0.1) is 19.0 Å². The van der Waals surface area contributed by atoms with Gasteiger partial charge in [0, 0.05) is 4.91 Å². The highest BCUT2D eigenvalue weighted by Crippen LogP contribution is 2.11. The lowest BCUT2D eigenvalue weighted by Crippen LogP contribution is -1.97. The van der Waals surface area contributed by atoms with E-state index in [0.29, 0.717) is 12.5 Å². The van der Waals surface area contributed by atoms with Gasteiger partial charge in [-0.15, -0.1) is 0 Å². The molecule has 1 aromatic rings. The number of hydrogen-bond acceptors (Lipinski definition) is 4. The van der Waals surface area contributed by atoms with Crippen molar-refractivity contribution in [1.29, 1.82) is 0 Å². The lowest BCUT2D eigenvalue weighted by molar-refractivity contribution is 0.304. The molecule has 6 heteroatoms. The summed E-state index contributed by atoms with van der Waals surface area (Å²) >= 11 is 0. The fraction of sp³-hybridized carbons (Fsp3) is 0.429. The SMILES string of the molecule is CCCOc1cncc(N=[N+]=[N-])n1. The van der Waals surface area contributed by atoms with Gasteiger partial charge in [0.15, 0.2) is 0 Å². The maximum Gasteiger partial charge on any atom is 0.232 e. The van der Waals surface area contributed by atoms with Crippen LogP contribution in [0.15, 0.2) is 17.5 Å². The Morgan fingerprint density at radius 3 is 3.15 bits per heavy atom. The average molecular weight is 179 g/mol. The third-order valence-electron chi connectivity index (χ3n) is 1.20. The Balaban J connectivity index is 2.73. The van der Waals surface area contributed by atoms with Gasteiger partial charge in [-0.1, -0.05) is 6.92 Å². The van der Waals surface area contributed by atoms with Gasteiger partial charge in [-0.3, -0.25) is 4.98 Å². The zero-order valence-electron chi connectivity index (χ0n) is 7.21. The topological polar surface area (TPSA) is 83.8 Å². The molecule has 0 aliphatic carbocycles. The third-order valence-corrected chi connectivity index (χ3v) is 1.20. The predicted octanol–water partition coefficient (Wildman–Crippen LogP) is 2.21. The Morgan fingerprint density at radius 1 is 1.62 bits per heavy atom. The second-order valence-corrected chi connectivity index (χ2v) is 2.25. The molecular formula is C7H9N5O. The number of aromatic nitrogens is 2. The highest BCUT2D eigenvalue weighted by Gasteiger charge is 1.96. The molecule has 0 aromatic carbocycles. The van der Waals surface area contributed by atoms with Crippen LogP contribution in [0.2, 0.25) is 0 Å². The second kappa shape index (κ2) is 4.95. The predicted molar refractivity (Wildman–Crippen MR) is 46.6 cm³/mol. The molecule has 0 aliphatic heterocycles. The zero-order chi connectivity index (χ0) is 9.52. The standard InChI is InChI=1S/C7H9N5O/c1-2-3-13-7-5-9-4-6(10-7)11-12-8/h4-5H,2-3H2,1H3. The monoisotopic (exact) mass is 179 g/mol. The summed E-state index contributed by atoms with van der Waals surface area (Å²) in [6.45, 7) is 2.57. The molecule has 0 amide bonds. The summed E-state index contributed by atoms with van der Waals surface area (Å²) in [5.41, 5.74) is 8.14. The van der Waals surface area contributed by atoms with Crippen molar-refractivity contribution >= 4 is 5.82 Å². The molecule has 1 heterocycles. The summed E-state index contributed by atoms with van der Waals surface area (Å²) in [6, 6.07) is 0. The average Bonchev–Trinajstić information content (AvgIpc) is 2.16. The highest BCUT2D eigenvalue weighted by molar-refractivity contribution is 5.25. The molecule has 13 heavy (non-hydrogen) atoms. The summed E-state index contributed by atoms with van der Waals surface area (Å²) in [4.78, 5) is 10.3. The molecule has 0 N–H and O–H groups in total. The molecule has 0 fully saturated rings. The van der Waals surface area contributed by atoms with Crippen LogP contribution in [0.1, 0.15) is 13.3 Å². The van der Waals surface area contributed by atoms with Gasteiger partial charge >= 0.3 is 0 Å². The van der Waals surface area contributed by atoms with E-state index in [1.165, 1.54) is 12.4 Å². The van der Waals surface area contributed by atoms with E-state index >= 15 is 0 Å². The Bertz CT molecular complexity index is 320. The molecular weight excluding hydrogens is 170 g/mol. The minimum absolute atomic E-state index is 0.219. The quantitative estimate of drug-likeness (QED) is 0.403. The van der Waals surface area contributed by atoms with Crippen LogP contribution in [0.5, 0.6) is 5.88 Å². The van der Waals surface area contributed by atoms with Gasteiger partial charge in [-0.05, 0) is 17.1 Å². The van der Waals surface area contributed by atoms with E-state index in [4.69, 9.17) is 10.3 Å². The molecule has 1 rings (SSSR count). The first-order valence-electron chi connectivity index (χ1n) is 3.86. The summed E-state index contributed by atoms with van der Waals surface area (Å²) < 4.78 is 5.19. The first-order chi connectivity index (χ1) is 6.36. The van der Waals surface area contributed by atoms with Crippen molar-refractivity contribution in [2.45, 2.75) is 13.3 Å². The van der Waals surface area contributed by atoms with E-state index in [1.54, 1.807) is 0 Å². The largest absolute Gasteiger partial charge is 0.477 e. The lowest BCUT2D eigenvalue weighted by Gasteiger charge is -2.01. The first-order valence-corrected chi connectivity index (χ1v) is 3.86. The Labute approximate surface area is 75.2 Å². The maximum atomic E-state index is 8.14. The number of ether oxygens (including phenoxy) is 1. The van der Waals surface area contributed by atoms with E-state index in [1.807, 2.05) is 6.92 Å². The van der Waals surface area contributed by atoms with Crippen LogP contribution >= 0.6 is 0 Å². The molecule has 0 bridgehead atoms. The van der Waals surface area contributed by atoms with Crippen LogP contribution in [-0.4, -0.2) is 16.6 Å². The van der Waals surface area contributed by atoms with Crippen LogP contribution in [-0.2, 0) is 0 Å². The summed E-state index contributed by atoms with van der Waals surface area (Å²) in [6.07, 6.45) is 3.75. The van der Waals surface area contributed by atoms with Crippen molar-refractivity contribution in [2.24, 2.45) is 5.11 Å². The van der Waals surface area contributed by atoms with Crippen molar-refractivity contribution in [3.63, 3.8) is 0 Å². The Kier molecular flexibility index (Phi) is 3.53. The van der Waals surface area contributed by atoms with Crippen molar-refractivity contribution in [1.82, 2.24) is 9.97 Å². The van der Waals surface area contributed by atoms with Gasteiger partial charge in [-0.2, -0.15) is 0 Å². The van der Waals surface area contributed by atoms with E-state index < -0.39 is 0 Å². The fourth-order valence-corrected chi connectivity index (χ4v) is 0.709. The molecule has 0 aliphatic rings. The van der Waals surface area contributed by atoms with Gasteiger partial charge in [0.2, 0.25) is 5.88 Å². The van der Waals surface area contributed by atoms with E-state index in [2.05, 4.69) is 20.0 Å². The molecule has 0 saturated carbocycles. The molecule has 1 aromatic heterocycles. The number of azide groups is 1. The van der Waals surface area contributed by atoms with Crippen LogP contribution in [0.25, 0.3) is 10.4 Å². The number of rotatable bonds is 4. The fourth-order valence-electron chi connectivity index (χ4n) is 0.709. The molecule has 0 radical (unpaired) electrons. The van der Waals surface area contributed by atoms with Gasteiger partial charge in [0.1, 0.15) is 5.82 Å². The zero-order valence-corrected chi connectivity index (χ0v) is 7.21. The minimum Gasteiger partial charge on any atom is -0.477 e. The normalized spacial score (nSPS) is 9.00. The third kappa shape index (κ3) is 2.96.